The van der Waals surface area contributed by atoms with E-state index in [1.807, 2.05) is 18.3 Å². The Bertz CT molecular complexity index is 427. The van der Waals surface area contributed by atoms with Crippen molar-refractivity contribution in [3.63, 3.8) is 0 Å². The molecule has 132 valence electrons. The van der Waals surface area contributed by atoms with Crippen molar-refractivity contribution in [3.8, 4) is 0 Å². The van der Waals surface area contributed by atoms with E-state index in [2.05, 4.69) is 12.1 Å². The van der Waals surface area contributed by atoms with E-state index < -0.39 is 6.23 Å². The lowest BCUT2D eigenvalue weighted by Crippen LogP contribution is -2.27. The van der Waals surface area contributed by atoms with Gasteiger partial charge in [0.1, 0.15) is 6.23 Å². The minimum absolute atomic E-state index is 0.164. The van der Waals surface area contributed by atoms with Crippen molar-refractivity contribution in [1.29, 1.82) is 0 Å². The second-order valence-electron chi connectivity index (χ2n) is 6.96. The first-order chi connectivity index (χ1) is 11.1. The van der Waals surface area contributed by atoms with Gasteiger partial charge in [0.05, 0.1) is 6.10 Å². The molecule has 3 nitrogen and oxygen atoms in total. The first-order valence-electron chi connectivity index (χ1n) is 9.28. The summed E-state index contributed by atoms with van der Waals surface area (Å²) in [5.74, 6) is 0.164. The van der Waals surface area contributed by atoms with Crippen LogP contribution in [0.15, 0.2) is 12.1 Å². The molecule has 1 heterocycles. The monoisotopic (exact) mass is 339 g/mol. The van der Waals surface area contributed by atoms with Crippen LogP contribution in [0.5, 0.6) is 0 Å². The number of hydrogen-bond acceptors (Lipinski definition) is 4. The number of nitrogens with two attached hydrogens (primary N) is 1. The van der Waals surface area contributed by atoms with E-state index in [4.69, 9.17) is 10.5 Å². The van der Waals surface area contributed by atoms with Gasteiger partial charge in [-0.15, -0.1) is 11.3 Å². The predicted molar refractivity (Wildman–Crippen MR) is 97.8 cm³/mol. The van der Waals surface area contributed by atoms with Crippen LogP contribution < -0.4 is 5.73 Å². The number of hydrogen-bond donors (Lipinski definition) is 2. The van der Waals surface area contributed by atoms with Gasteiger partial charge in [0.15, 0.2) is 0 Å². The summed E-state index contributed by atoms with van der Waals surface area (Å²) in [5.41, 5.74) is 5.50. The highest BCUT2D eigenvalue weighted by Gasteiger charge is 2.13. The van der Waals surface area contributed by atoms with E-state index in [0.29, 0.717) is 6.10 Å². The van der Waals surface area contributed by atoms with Crippen molar-refractivity contribution < 1.29 is 9.84 Å². The summed E-state index contributed by atoms with van der Waals surface area (Å²) >= 11 is 1.91. The summed E-state index contributed by atoms with van der Waals surface area (Å²) in [6, 6.07) is 4.49. The second kappa shape index (κ2) is 10.4. The van der Waals surface area contributed by atoms with Gasteiger partial charge in [-0.1, -0.05) is 26.2 Å². The molecule has 0 bridgehead atoms. The highest BCUT2D eigenvalue weighted by atomic mass is 32.1. The van der Waals surface area contributed by atoms with Crippen LogP contribution in [0, 0.1) is 5.92 Å². The van der Waals surface area contributed by atoms with Crippen LogP contribution in [0.4, 0.5) is 0 Å². The van der Waals surface area contributed by atoms with E-state index >= 15 is 0 Å². The fourth-order valence-electron chi connectivity index (χ4n) is 3.11. The molecule has 0 amide bonds. The van der Waals surface area contributed by atoms with Crippen LogP contribution in [0.2, 0.25) is 0 Å². The standard InChI is InChI=1S/C19H33NO2S/c1-15(19(20)21)10-11-18-13-12-17(23-18)9-5-6-14-22-16-7-3-2-4-8-16/h12-13,15-16,19,21H,2-11,14,20H2,1H3/t15-,19?/m1/s1. The molecule has 0 saturated heterocycles. The fourth-order valence-corrected chi connectivity index (χ4v) is 4.19. The summed E-state index contributed by atoms with van der Waals surface area (Å²) in [5, 5.41) is 9.33. The molecule has 1 saturated carbocycles. The molecular weight excluding hydrogens is 306 g/mol. The third-order valence-electron chi connectivity index (χ3n) is 4.87. The summed E-state index contributed by atoms with van der Waals surface area (Å²) in [6.45, 7) is 2.93. The van der Waals surface area contributed by atoms with Crippen LogP contribution in [0.25, 0.3) is 0 Å². The van der Waals surface area contributed by atoms with E-state index in [1.165, 1.54) is 54.7 Å². The number of ether oxygens (including phenoxy) is 1. The predicted octanol–water partition coefficient (Wildman–Crippen LogP) is 4.27. The first kappa shape index (κ1) is 18.9. The van der Waals surface area contributed by atoms with Crippen LogP contribution in [0.3, 0.4) is 0 Å². The summed E-state index contributed by atoms with van der Waals surface area (Å²) in [7, 11) is 0. The Labute approximate surface area is 145 Å². The number of unbranched alkanes of at least 4 members (excludes halogenated alkanes) is 1. The Hall–Kier alpha value is -0.420. The quantitative estimate of drug-likeness (QED) is 0.494. The van der Waals surface area contributed by atoms with Gasteiger partial charge < -0.3 is 15.6 Å². The SMILES string of the molecule is C[C@H](CCc1ccc(CCCCOC2CCCCC2)s1)C(N)O. The topological polar surface area (TPSA) is 55.5 Å². The Morgan fingerprint density at radius 2 is 1.87 bits per heavy atom. The lowest BCUT2D eigenvalue weighted by molar-refractivity contribution is 0.0265. The molecule has 2 atom stereocenters. The Kier molecular flexibility index (Phi) is 8.59. The van der Waals surface area contributed by atoms with Gasteiger partial charge in [0, 0.05) is 16.4 Å². The minimum atomic E-state index is -0.696. The van der Waals surface area contributed by atoms with Gasteiger partial charge in [-0.25, -0.2) is 0 Å². The molecule has 4 heteroatoms. The zero-order valence-electron chi connectivity index (χ0n) is 14.5. The van der Waals surface area contributed by atoms with Gasteiger partial charge in [-0.05, 0) is 63.0 Å². The van der Waals surface area contributed by atoms with Crippen molar-refractivity contribution in [2.45, 2.75) is 83.5 Å². The molecule has 1 aromatic rings. The summed E-state index contributed by atoms with van der Waals surface area (Å²) in [6.07, 6.45) is 12.0. The average Bonchev–Trinajstić information content (AvgIpc) is 3.01. The largest absolute Gasteiger partial charge is 0.379 e. The van der Waals surface area contributed by atoms with E-state index in [9.17, 15) is 5.11 Å². The highest BCUT2D eigenvalue weighted by Crippen LogP contribution is 2.23. The minimum Gasteiger partial charge on any atom is -0.379 e. The maximum Gasteiger partial charge on any atom is 0.105 e. The Balaban J connectivity index is 1.55. The maximum absolute atomic E-state index is 9.33. The van der Waals surface area contributed by atoms with E-state index in [-0.39, 0.29) is 5.92 Å². The molecule has 0 radical (unpaired) electrons. The van der Waals surface area contributed by atoms with Crippen LogP contribution >= 0.6 is 11.3 Å². The number of aliphatic hydroxyl groups is 1. The van der Waals surface area contributed by atoms with Crippen molar-refractivity contribution in [3.05, 3.63) is 21.9 Å². The number of aliphatic hydroxyl groups excluding tert-OH is 1. The zero-order chi connectivity index (χ0) is 16.5. The lowest BCUT2D eigenvalue weighted by atomic mass is 9.98. The van der Waals surface area contributed by atoms with Gasteiger partial charge in [0.2, 0.25) is 0 Å². The molecule has 1 aliphatic carbocycles. The molecule has 1 unspecified atom stereocenters. The summed E-state index contributed by atoms with van der Waals surface area (Å²) < 4.78 is 5.98. The van der Waals surface area contributed by atoms with Crippen LogP contribution in [0.1, 0.15) is 68.0 Å². The Morgan fingerprint density at radius 1 is 1.17 bits per heavy atom. The number of aryl methyl sites for hydroxylation is 2. The molecule has 23 heavy (non-hydrogen) atoms. The van der Waals surface area contributed by atoms with Crippen molar-refractivity contribution in [2.75, 3.05) is 6.61 Å². The molecule has 1 aliphatic rings. The molecule has 1 aromatic heterocycles. The van der Waals surface area contributed by atoms with Crippen LogP contribution in [-0.4, -0.2) is 24.0 Å². The molecule has 0 spiro atoms. The van der Waals surface area contributed by atoms with Crippen molar-refractivity contribution in [1.82, 2.24) is 0 Å². The highest BCUT2D eigenvalue weighted by molar-refractivity contribution is 7.11. The van der Waals surface area contributed by atoms with E-state index in [1.54, 1.807) is 0 Å². The van der Waals surface area contributed by atoms with Gasteiger partial charge in [-0.3, -0.25) is 0 Å². The van der Waals surface area contributed by atoms with Crippen LogP contribution in [-0.2, 0) is 17.6 Å². The van der Waals surface area contributed by atoms with Gasteiger partial charge in [-0.2, -0.15) is 0 Å². The third kappa shape index (κ3) is 7.34. The maximum atomic E-state index is 9.33. The zero-order valence-corrected chi connectivity index (χ0v) is 15.3. The fraction of sp³-hybridized carbons (Fsp3) is 0.789. The molecule has 1 fully saturated rings. The second-order valence-corrected chi connectivity index (χ2v) is 8.22. The molecule has 2 rings (SSSR count). The normalized spacial score (nSPS) is 18.9. The smallest absolute Gasteiger partial charge is 0.105 e. The Morgan fingerprint density at radius 3 is 2.57 bits per heavy atom. The van der Waals surface area contributed by atoms with Gasteiger partial charge in [0.25, 0.3) is 0 Å². The third-order valence-corrected chi connectivity index (χ3v) is 6.07. The van der Waals surface area contributed by atoms with E-state index in [0.717, 1.165) is 25.9 Å². The number of thiophene rings is 1. The molecule has 0 aliphatic heterocycles. The summed E-state index contributed by atoms with van der Waals surface area (Å²) in [4.78, 5) is 2.88. The molecule has 3 N–H and O–H groups in total. The molecular formula is C19H33NO2S. The average molecular weight is 340 g/mol. The first-order valence-corrected chi connectivity index (χ1v) is 10.1. The van der Waals surface area contributed by atoms with Crippen molar-refractivity contribution >= 4 is 11.3 Å². The van der Waals surface area contributed by atoms with Crippen molar-refractivity contribution in [2.24, 2.45) is 11.7 Å². The number of rotatable bonds is 10. The van der Waals surface area contributed by atoms with Gasteiger partial charge >= 0.3 is 0 Å². The molecule has 0 aromatic carbocycles. The lowest BCUT2D eigenvalue weighted by Gasteiger charge is -2.21.